The van der Waals surface area contributed by atoms with Crippen molar-refractivity contribution in [3.8, 4) is 11.5 Å². The first-order valence-electron chi connectivity index (χ1n) is 8.29. The van der Waals surface area contributed by atoms with Crippen molar-refractivity contribution in [2.24, 2.45) is 11.8 Å². The van der Waals surface area contributed by atoms with Gasteiger partial charge in [-0.05, 0) is 60.8 Å². The first kappa shape index (κ1) is 17.5. The van der Waals surface area contributed by atoms with Crippen molar-refractivity contribution in [1.82, 2.24) is 0 Å². The second-order valence-corrected chi connectivity index (χ2v) is 6.17. The van der Waals surface area contributed by atoms with Crippen LogP contribution < -0.4 is 4.74 Å². The molecule has 0 saturated carbocycles. The van der Waals surface area contributed by atoms with Crippen LogP contribution in [0.1, 0.15) is 38.2 Å². The second-order valence-electron chi connectivity index (χ2n) is 6.17. The van der Waals surface area contributed by atoms with E-state index in [2.05, 4.69) is 13.0 Å². The minimum absolute atomic E-state index is 0.110. The van der Waals surface area contributed by atoms with E-state index in [0.29, 0.717) is 24.5 Å². The molecule has 23 heavy (non-hydrogen) atoms. The van der Waals surface area contributed by atoms with Gasteiger partial charge in [0.05, 0.1) is 7.11 Å². The van der Waals surface area contributed by atoms with Gasteiger partial charge in [-0.25, -0.2) is 0 Å². The highest BCUT2D eigenvalue weighted by Gasteiger charge is 2.25. The Hall–Kier alpha value is -1.81. The standard InChI is InChI=1S/C19H26O4/c1-3-14-11-15(6-7-16(14)12-20)17(21)8-4-13-5-9-18(22)19(10-13)23-2/h5,9-11,14,16,20,22H,3-4,6-8,12H2,1-2H3/t14-,16+/m1/s1. The molecule has 0 aromatic heterocycles. The fourth-order valence-corrected chi connectivity index (χ4v) is 3.24. The van der Waals surface area contributed by atoms with Crippen molar-refractivity contribution in [2.45, 2.75) is 39.0 Å². The molecule has 0 unspecified atom stereocenters. The smallest absolute Gasteiger partial charge is 0.160 e. The van der Waals surface area contributed by atoms with Crippen LogP contribution in [0.4, 0.5) is 0 Å². The van der Waals surface area contributed by atoms with E-state index in [1.54, 1.807) is 12.1 Å². The number of Topliss-reactive ketones (excluding diaryl/α,β-unsaturated/α-hetero) is 1. The van der Waals surface area contributed by atoms with Crippen molar-refractivity contribution >= 4 is 5.78 Å². The van der Waals surface area contributed by atoms with Gasteiger partial charge in [0.25, 0.3) is 0 Å². The van der Waals surface area contributed by atoms with Gasteiger partial charge in [-0.15, -0.1) is 0 Å². The third-order valence-electron chi connectivity index (χ3n) is 4.75. The predicted octanol–water partition coefficient (Wildman–Crippen LogP) is 3.26. The third kappa shape index (κ3) is 4.35. The van der Waals surface area contributed by atoms with Crippen molar-refractivity contribution in [1.29, 1.82) is 0 Å². The van der Waals surface area contributed by atoms with Crippen LogP contribution in [0.5, 0.6) is 11.5 Å². The molecular formula is C19H26O4. The molecule has 2 atom stereocenters. The summed E-state index contributed by atoms with van der Waals surface area (Å²) in [6.07, 6.45) is 5.77. The van der Waals surface area contributed by atoms with Crippen molar-refractivity contribution < 1.29 is 19.7 Å². The quantitative estimate of drug-likeness (QED) is 0.810. The maximum absolute atomic E-state index is 12.4. The highest BCUT2D eigenvalue weighted by molar-refractivity contribution is 5.95. The fourth-order valence-electron chi connectivity index (χ4n) is 3.24. The number of ether oxygens (including phenoxy) is 1. The lowest BCUT2D eigenvalue weighted by molar-refractivity contribution is -0.115. The molecule has 2 rings (SSSR count). The number of ketones is 1. The Labute approximate surface area is 137 Å². The number of hydrogen-bond donors (Lipinski definition) is 2. The average molecular weight is 318 g/mol. The van der Waals surface area contributed by atoms with E-state index in [9.17, 15) is 15.0 Å². The van der Waals surface area contributed by atoms with Gasteiger partial charge >= 0.3 is 0 Å². The molecule has 0 bridgehead atoms. The monoisotopic (exact) mass is 318 g/mol. The molecule has 0 spiro atoms. The fraction of sp³-hybridized carbons (Fsp3) is 0.526. The summed E-state index contributed by atoms with van der Waals surface area (Å²) >= 11 is 0. The Morgan fingerprint density at radius 3 is 2.83 bits per heavy atom. The average Bonchev–Trinajstić information content (AvgIpc) is 2.59. The minimum atomic E-state index is 0.110. The largest absolute Gasteiger partial charge is 0.504 e. The van der Waals surface area contributed by atoms with E-state index in [0.717, 1.165) is 30.4 Å². The van der Waals surface area contributed by atoms with Gasteiger partial charge in [-0.2, -0.15) is 0 Å². The second kappa shape index (κ2) is 8.16. The van der Waals surface area contributed by atoms with Gasteiger partial charge in [-0.1, -0.05) is 19.1 Å². The van der Waals surface area contributed by atoms with E-state index in [1.807, 2.05) is 6.07 Å². The summed E-state index contributed by atoms with van der Waals surface area (Å²) in [5.74, 6) is 1.33. The van der Waals surface area contributed by atoms with Gasteiger partial charge in [0.15, 0.2) is 17.3 Å². The maximum atomic E-state index is 12.4. The first-order valence-corrected chi connectivity index (χ1v) is 8.29. The summed E-state index contributed by atoms with van der Waals surface area (Å²) in [6.45, 7) is 2.30. The van der Waals surface area contributed by atoms with E-state index in [1.165, 1.54) is 7.11 Å². The SMILES string of the molecule is CC[C@@H]1C=C(C(=O)CCc2ccc(O)c(OC)c2)CC[C@H]1CO. The van der Waals surface area contributed by atoms with Crippen LogP contribution in [-0.4, -0.2) is 29.7 Å². The summed E-state index contributed by atoms with van der Waals surface area (Å²) in [5, 5.41) is 19.0. The number of carbonyl (C=O) groups is 1. The summed E-state index contributed by atoms with van der Waals surface area (Å²) in [6, 6.07) is 5.18. The highest BCUT2D eigenvalue weighted by Crippen LogP contribution is 2.32. The molecule has 1 aromatic carbocycles. The predicted molar refractivity (Wildman–Crippen MR) is 89.7 cm³/mol. The third-order valence-corrected chi connectivity index (χ3v) is 4.75. The Bertz CT molecular complexity index is 577. The number of hydrogen-bond acceptors (Lipinski definition) is 4. The van der Waals surface area contributed by atoms with Crippen LogP contribution in [0.15, 0.2) is 29.8 Å². The number of carbonyl (C=O) groups excluding carboxylic acids is 1. The topological polar surface area (TPSA) is 66.8 Å². The number of aromatic hydroxyl groups is 1. The molecule has 1 aliphatic rings. The van der Waals surface area contributed by atoms with Crippen LogP contribution >= 0.6 is 0 Å². The van der Waals surface area contributed by atoms with Crippen LogP contribution in [-0.2, 0) is 11.2 Å². The van der Waals surface area contributed by atoms with Gasteiger partial charge in [-0.3, -0.25) is 4.79 Å². The molecule has 0 saturated heterocycles. The van der Waals surface area contributed by atoms with Crippen molar-refractivity contribution in [3.05, 3.63) is 35.4 Å². The van der Waals surface area contributed by atoms with Crippen LogP contribution in [0.2, 0.25) is 0 Å². The van der Waals surface area contributed by atoms with E-state index < -0.39 is 0 Å². The maximum Gasteiger partial charge on any atom is 0.160 e. The lowest BCUT2D eigenvalue weighted by Gasteiger charge is -2.27. The molecule has 0 heterocycles. The number of rotatable bonds is 7. The molecule has 0 aliphatic heterocycles. The zero-order chi connectivity index (χ0) is 16.8. The van der Waals surface area contributed by atoms with E-state index in [4.69, 9.17) is 4.74 Å². The summed E-state index contributed by atoms with van der Waals surface area (Å²) < 4.78 is 5.09. The normalized spacial score (nSPS) is 20.9. The minimum Gasteiger partial charge on any atom is -0.504 e. The molecule has 0 radical (unpaired) electrons. The molecule has 4 heteroatoms. The Balaban J connectivity index is 1.98. The molecule has 1 aliphatic carbocycles. The molecule has 4 nitrogen and oxygen atoms in total. The Morgan fingerprint density at radius 1 is 1.39 bits per heavy atom. The van der Waals surface area contributed by atoms with Gasteiger partial charge in [0.2, 0.25) is 0 Å². The van der Waals surface area contributed by atoms with Crippen molar-refractivity contribution in [2.75, 3.05) is 13.7 Å². The van der Waals surface area contributed by atoms with Gasteiger partial charge < -0.3 is 14.9 Å². The van der Waals surface area contributed by atoms with Crippen LogP contribution in [0.25, 0.3) is 0 Å². The highest BCUT2D eigenvalue weighted by atomic mass is 16.5. The number of phenolic OH excluding ortho intramolecular Hbond substituents is 1. The number of allylic oxidation sites excluding steroid dienone is 2. The Morgan fingerprint density at radius 2 is 2.17 bits per heavy atom. The zero-order valence-electron chi connectivity index (χ0n) is 13.9. The van der Waals surface area contributed by atoms with Crippen LogP contribution in [0.3, 0.4) is 0 Å². The molecule has 0 fully saturated rings. The molecule has 1 aromatic rings. The summed E-state index contributed by atoms with van der Waals surface area (Å²) in [5.41, 5.74) is 1.89. The number of aliphatic hydroxyl groups is 1. The summed E-state index contributed by atoms with van der Waals surface area (Å²) in [4.78, 5) is 12.4. The van der Waals surface area contributed by atoms with E-state index in [-0.39, 0.29) is 24.1 Å². The lowest BCUT2D eigenvalue weighted by atomic mass is 9.78. The number of methoxy groups -OCH3 is 1. The van der Waals surface area contributed by atoms with Crippen LogP contribution in [0, 0.1) is 11.8 Å². The molecule has 2 N–H and O–H groups in total. The molecular weight excluding hydrogens is 292 g/mol. The number of aryl methyl sites for hydroxylation is 1. The Kier molecular flexibility index (Phi) is 6.22. The summed E-state index contributed by atoms with van der Waals surface area (Å²) in [7, 11) is 1.51. The van der Waals surface area contributed by atoms with Gasteiger partial charge in [0.1, 0.15) is 0 Å². The number of aliphatic hydroxyl groups excluding tert-OH is 1. The van der Waals surface area contributed by atoms with Crippen molar-refractivity contribution in [3.63, 3.8) is 0 Å². The lowest BCUT2D eigenvalue weighted by Crippen LogP contribution is -2.23. The first-order chi connectivity index (χ1) is 11.1. The zero-order valence-corrected chi connectivity index (χ0v) is 13.9. The molecule has 0 amide bonds. The van der Waals surface area contributed by atoms with Gasteiger partial charge in [0, 0.05) is 13.0 Å². The molecule has 126 valence electrons. The van der Waals surface area contributed by atoms with E-state index >= 15 is 0 Å². The number of phenols is 1. The number of benzene rings is 1.